The summed E-state index contributed by atoms with van der Waals surface area (Å²) in [5.41, 5.74) is 2.24. The average molecular weight is 445 g/mol. The molecule has 0 aromatic carbocycles. The van der Waals surface area contributed by atoms with Gasteiger partial charge in [-0.05, 0) is 25.0 Å². The van der Waals surface area contributed by atoms with Crippen LogP contribution in [0.1, 0.15) is 20.8 Å². The first-order chi connectivity index (χ1) is 15.1. The van der Waals surface area contributed by atoms with E-state index in [-0.39, 0.29) is 6.04 Å². The van der Waals surface area contributed by atoms with Gasteiger partial charge in [-0.3, -0.25) is 10.1 Å². The van der Waals surface area contributed by atoms with Crippen LogP contribution in [0.5, 0.6) is 5.75 Å². The SMILES string of the molecule is COP(OCC(C)C)Oc1cc(N2CCOC[C@H]2C)nc2c(-c3ccn[nH]3)nccc12. The Bertz CT molecular complexity index is 1000. The number of nitrogens with zero attached hydrogens (tertiary/aromatic N) is 4. The van der Waals surface area contributed by atoms with Gasteiger partial charge in [0.1, 0.15) is 22.8 Å². The van der Waals surface area contributed by atoms with Gasteiger partial charge >= 0.3 is 8.60 Å². The molecule has 0 radical (unpaired) electrons. The van der Waals surface area contributed by atoms with Gasteiger partial charge in [0.25, 0.3) is 0 Å². The van der Waals surface area contributed by atoms with Crippen LogP contribution in [0.2, 0.25) is 0 Å². The fraction of sp³-hybridized carbons (Fsp3) is 0.476. The lowest BCUT2D eigenvalue weighted by atomic mass is 10.1. The molecular weight excluding hydrogens is 417 g/mol. The van der Waals surface area contributed by atoms with E-state index in [0.717, 1.165) is 29.0 Å². The molecule has 1 unspecified atom stereocenters. The minimum atomic E-state index is -1.55. The van der Waals surface area contributed by atoms with Crippen molar-refractivity contribution < 1.29 is 18.3 Å². The topological polar surface area (TPSA) is 94.6 Å². The minimum Gasteiger partial charge on any atom is -0.426 e. The summed E-state index contributed by atoms with van der Waals surface area (Å²) in [7, 11) is 0.0477. The van der Waals surface area contributed by atoms with Crippen molar-refractivity contribution in [3.8, 4) is 17.1 Å². The fourth-order valence-corrected chi connectivity index (χ4v) is 4.35. The number of nitrogens with one attached hydrogen (secondary N) is 1. The lowest BCUT2D eigenvalue weighted by Gasteiger charge is -2.34. The Morgan fingerprint density at radius 1 is 1.32 bits per heavy atom. The van der Waals surface area contributed by atoms with Crippen molar-refractivity contribution in [2.45, 2.75) is 26.8 Å². The highest BCUT2D eigenvalue weighted by Crippen LogP contribution is 2.44. The maximum atomic E-state index is 6.24. The van der Waals surface area contributed by atoms with E-state index in [1.807, 2.05) is 18.2 Å². The molecule has 4 heterocycles. The molecular formula is C21H28N5O4P. The predicted octanol–water partition coefficient (Wildman–Crippen LogP) is 4.17. The molecule has 1 fully saturated rings. The van der Waals surface area contributed by atoms with E-state index in [1.54, 1.807) is 19.5 Å². The van der Waals surface area contributed by atoms with Gasteiger partial charge in [0.2, 0.25) is 0 Å². The smallest absolute Gasteiger partial charge is 0.396 e. The second-order valence-corrected chi connectivity index (χ2v) is 9.06. The van der Waals surface area contributed by atoms with Crippen molar-refractivity contribution in [3.05, 3.63) is 30.6 Å². The fourth-order valence-electron chi connectivity index (χ4n) is 3.39. The summed E-state index contributed by atoms with van der Waals surface area (Å²) in [6.07, 6.45) is 3.44. The van der Waals surface area contributed by atoms with Crippen LogP contribution in [0, 0.1) is 5.92 Å². The molecule has 10 heteroatoms. The minimum absolute atomic E-state index is 0.194. The maximum absolute atomic E-state index is 6.24. The molecule has 1 saturated heterocycles. The quantitative estimate of drug-likeness (QED) is 0.517. The Labute approximate surface area is 183 Å². The lowest BCUT2D eigenvalue weighted by Crippen LogP contribution is -2.44. The van der Waals surface area contributed by atoms with Crippen LogP contribution in [-0.4, -0.2) is 59.7 Å². The number of morpholine rings is 1. The zero-order valence-electron chi connectivity index (χ0n) is 18.2. The van der Waals surface area contributed by atoms with Gasteiger partial charge in [0.15, 0.2) is 0 Å². The van der Waals surface area contributed by atoms with Crippen LogP contribution in [0.4, 0.5) is 5.82 Å². The number of aromatic amines is 1. The van der Waals surface area contributed by atoms with Crippen molar-refractivity contribution in [1.82, 2.24) is 20.2 Å². The number of fused-ring (bicyclic) bond motifs is 1. The summed E-state index contributed by atoms with van der Waals surface area (Å²) >= 11 is 0. The molecule has 9 nitrogen and oxygen atoms in total. The third-order valence-electron chi connectivity index (χ3n) is 4.93. The number of aromatic nitrogens is 4. The number of ether oxygens (including phenoxy) is 1. The number of hydrogen-bond acceptors (Lipinski definition) is 8. The normalized spacial score (nSPS) is 18.0. The molecule has 0 saturated carbocycles. The third-order valence-corrected chi connectivity index (χ3v) is 5.93. The molecule has 0 amide bonds. The van der Waals surface area contributed by atoms with Gasteiger partial charge < -0.3 is 23.2 Å². The molecule has 31 heavy (non-hydrogen) atoms. The van der Waals surface area contributed by atoms with E-state index < -0.39 is 8.60 Å². The first-order valence-electron chi connectivity index (χ1n) is 10.4. The van der Waals surface area contributed by atoms with Crippen molar-refractivity contribution in [2.24, 2.45) is 5.92 Å². The average Bonchev–Trinajstić information content (AvgIpc) is 3.31. The predicted molar refractivity (Wildman–Crippen MR) is 120 cm³/mol. The van der Waals surface area contributed by atoms with Gasteiger partial charge in [-0.1, -0.05) is 13.8 Å². The third kappa shape index (κ3) is 4.96. The molecule has 3 aromatic heterocycles. The summed E-state index contributed by atoms with van der Waals surface area (Å²) in [6, 6.07) is 5.92. The summed E-state index contributed by atoms with van der Waals surface area (Å²) in [5.74, 6) is 1.83. The highest BCUT2D eigenvalue weighted by atomic mass is 31.2. The first kappa shape index (κ1) is 21.9. The van der Waals surface area contributed by atoms with Gasteiger partial charge in [-0.2, -0.15) is 5.10 Å². The van der Waals surface area contributed by atoms with E-state index in [2.05, 4.69) is 40.9 Å². The van der Waals surface area contributed by atoms with Gasteiger partial charge in [-0.15, -0.1) is 0 Å². The molecule has 1 aliphatic heterocycles. The van der Waals surface area contributed by atoms with E-state index in [9.17, 15) is 0 Å². The van der Waals surface area contributed by atoms with Gasteiger partial charge in [-0.25, -0.2) is 4.98 Å². The number of anilines is 1. The second-order valence-electron chi connectivity index (χ2n) is 7.81. The van der Waals surface area contributed by atoms with Crippen LogP contribution in [-0.2, 0) is 13.8 Å². The van der Waals surface area contributed by atoms with Crippen LogP contribution < -0.4 is 9.42 Å². The number of H-pyrrole nitrogens is 1. The second kappa shape index (κ2) is 9.87. The summed E-state index contributed by atoms with van der Waals surface area (Å²) in [4.78, 5) is 11.8. The summed E-state index contributed by atoms with van der Waals surface area (Å²) in [5, 5.41) is 7.89. The summed E-state index contributed by atoms with van der Waals surface area (Å²) in [6.45, 7) is 8.91. The van der Waals surface area contributed by atoms with Crippen molar-refractivity contribution >= 4 is 25.3 Å². The van der Waals surface area contributed by atoms with Gasteiger partial charge in [0.05, 0.1) is 31.6 Å². The standard InChI is InChI=1S/C21H28N5O4P/c1-14(2)12-29-31(27-4)30-18-11-19(26-9-10-28-13-15(26)3)24-20-16(18)5-7-22-21(20)17-6-8-23-25-17/h5-8,11,14-15H,9-10,12-13H2,1-4H3,(H,23,25)/t15-,31?/m1/s1. The van der Waals surface area contributed by atoms with Crippen LogP contribution in [0.15, 0.2) is 30.6 Å². The van der Waals surface area contributed by atoms with Crippen molar-refractivity contribution in [3.63, 3.8) is 0 Å². The molecule has 0 spiro atoms. The Morgan fingerprint density at radius 3 is 2.90 bits per heavy atom. The molecule has 2 atom stereocenters. The molecule has 0 aliphatic carbocycles. The Kier molecular flexibility index (Phi) is 6.97. The monoisotopic (exact) mass is 445 g/mol. The van der Waals surface area contributed by atoms with Crippen LogP contribution in [0.25, 0.3) is 22.3 Å². The number of hydrogen-bond donors (Lipinski definition) is 1. The number of pyridine rings is 2. The van der Waals surface area contributed by atoms with E-state index in [4.69, 9.17) is 23.3 Å². The van der Waals surface area contributed by atoms with E-state index in [1.165, 1.54) is 0 Å². The molecule has 3 aromatic rings. The summed E-state index contributed by atoms with van der Waals surface area (Å²) < 4.78 is 23.2. The zero-order valence-corrected chi connectivity index (χ0v) is 19.1. The maximum Gasteiger partial charge on any atom is 0.396 e. The molecule has 4 rings (SSSR count). The molecule has 166 valence electrons. The van der Waals surface area contributed by atoms with E-state index in [0.29, 0.717) is 37.2 Å². The van der Waals surface area contributed by atoms with Crippen LogP contribution in [0.3, 0.4) is 0 Å². The van der Waals surface area contributed by atoms with Crippen LogP contribution >= 0.6 is 8.60 Å². The molecule has 1 aliphatic rings. The lowest BCUT2D eigenvalue weighted by molar-refractivity contribution is 0.0985. The highest BCUT2D eigenvalue weighted by molar-refractivity contribution is 7.42. The number of rotatable bonds is 8. The highest BCUT2D eigenvalue weighted by Gasteiger charge is 2.24. The van der Waals surface area contributed by atoms with Crippen molar-refractivity contribution in [2.75, 3.05) is 38.4 Å². The zero-order chi connectivity index (χ0) is 21.8. The first-order valence-corrected chi connectivity index (χ1v) is 11.5. The molecule has 0 bridgehead atoms. The Balaban J connectivity index is 1.80. The molecule has 1 N–H and O–H groups in total. The Morgan fingerprint density at radius 2 is 2.19 bits per heavy atom. The van der Waals surface area contributed by atoms with Crippen molar-refractivity contribution in [1.29, 1.82) is 0 Å². The largest absolute Gasteiger partial charge is 0.426 e. The Hall–Kier alpha value is -2.32. The van der Waals surface area contributed by atoms with E-state index >= 15 is 0 Å². The van der Waals surface area contributed by atoms with Gasteiger partial charge in [0, 0.05) is 37.5 Å².